The quantitative estimate of drug-likeness (QED) is 0.508. The molecule has 3 aromatic rings. The van der Waals surface area contributed by atoms with Crippen LogP contribution < -0.4 is 0 Å². The van der Waals surface area contributed by atoms with Crippen molar-refractivity contribution in [3.05, 3.63) is 76.8 Å². The molecule has 0 aliphatic rings. The monoisotopic (exact) mass is 359 g/mol. The predicted octanol–water partition coefficient (Wildman–Crippen LogP) is 4.13. The van der Waals surface area contributed by atoms with Gasteiger partial charge in [-0.3, -0.25) is 4.79 Å². The van der Waals surface area contributed by atoms with E-state index in [1.165, 1.54) is 16.7 Å². The summed E-state index contributed by atoms with van der Waals surface area (Å²) < 4.78 is 31.5. The van der Waals surface area contributed by atoms with E-state index in [1.54, 1.807) is 0 Å². The lowest BCUT2D eigenvalue weighted by molar-refractivity contribution is 0.0468. The highest BCUT2D eigenvalue weighted by molar-refractivity contribution is 7.13. The fraction of sp³-hybridized carbons (Fsp3) is 0.0556. The molecule has 3 rings (SSSR count). The number of thiazole rings is 1. The van der Waals surface area contributed by atoms with Gasteiger partial charge in [-0.05, 0) is 18.2 Å². The van der Waals surface area contributed by atoms with E-state index in [2.05, 4.69) is 4.98 Å². The molecule has 0 saturated carbocycles. The third kappa shape index (κ3) is 3.95. The topological polar surface area (TPSA) is 56.3 Å². The van der Waals surface area contributed by atoms with E-state index in [-0.39, 0.29) is 5.69 Å². The van der Waals surface area contributed by atoms with Gasteiger partial charge in [-0.15, -0.1) is 11.3 Å². The third-order valence-electron chi connectivity index (χ3n) is 3.30. The van der Waals surface area contributed by atoms with Crippen LogP contribution in [0.25, 0.3) is 10.6 Å². The van der Waals surface area contributed by atoms with Crippen molar-refractivity contribution in [2.75, 3.05) is 6.61 Å². The second-order valence-corrected chi connectivity index (χ2v) is 5.89. The van der Waals surface area contributed by atoms with E-state index >= 15 is 0 Å². The fourth-order valence-corrected chi connectivity index (χ4v) is 2.87. The molecule has 0 N–H and O–H groups in total. The molecule has 2 aromatic carbocycles. The van der Waals surface area contributed by atoms with E-state index in [1.807, 2.05) is 30.3 Å². The van der Waals surface area contributed by atoms with Crippen LogP contribution in [-0.4, -0.2) is 23.3 Å². The van der Waals surface area contributed by atoms with Gasteiger partial charge in [-0.2, -0.15) is 0 Å². The van der Waals surface area contributed by atoms with Crippen molar-refractivity contribution in [2.45, 2.75) is 0 Å². The summed E-state index contributed by atoms with van der Waals surface area (Å²) in [6, 6.07) is 11.8. The van der Waals surface area contributed by atoms with Crippen LogP contribution in [0.15, 0.2) is 53.9 Å². The molecule has 0 aliphatic carbocycles. The molecule has 126 valence electrons. The first-order chi connectivity index (χ1) is 12.0. The number of halogens is 2. The van der Waals surface area contributed by atoms with Gasteiger partial charge in [0.2, 0.25) is 5.78 Å². The van der Waals surface area contributed by atoms with Crippen LogP contribution in [0.2, 0.25) is 0 Å². The number of hydrogen-bond donors (Lipinski definition) is 0. The zero-order valence-electron chi connectivity index (χ0n) is 12.7. The summed E-state index contributed by atoms with van der Waals surface area (Å²) in [5, 5.41) is 2.15. The van der Waals surface area contributed by atoms with Crippen LogP contribution in [0.4, 0.5) is 8.78 Å². The van der Waals surface area contributed by atoms with Crippen molar-refractivity contribution in [3.63, 3.8) is 0 Å². The molecule has 0 amide bonds. The maximum Gasteiger partial charge on any atom is 0.358 e. The van der Waals surface area contributed by atoms with Gasteiger partial charge in [-0.1, -0.05) is 30.3 Å². The lowest BCUT2D eigenvalue weighted by atomic mass is 10.1. The number of nitrogens with zero attached hydrogens (tertiary/aromatic N) is 1. The first-order valence-electron chi connectivity index (χ1n) is 7.21. The molecule has 0 bridgehead atoms. The summed E-state index contributed by atoms with van der Waals surface area (Å²) in [6.07, 6.45) is 0. The number of carbonyl (C=O) groups is 2. The average molecular weight is 359 g/mol. The summed E-state index contributed by atoms with van der Waals surface area (Å²) >= 11 is 1.26. The SMILES string of the molecule is O=C(OCC(=O)c1cc(F)ccc1F)c1csc(-c2ccccc2)n1. The number of ketones is 1. The Labute approximate surface area is 145 Å². The Morgan fingerprint density at radius 2 is 1.84 bits per heavy atom. The Morgan fingerprint density at radius 1 is 1.08 bits per heavy atom. The summed E-state index contributed by atoms with van der Waals surface area (Å²) in [5.74, 6) is -3.25. The van der Waals surface area contributed by atoms with E-state index in [0.29, 0.717) is 5.01 Å². The molecule has 4 nitrogen and oxygen atoms in total. The Morgan fingerprint density at radius 3 is 2.60 bits per heavy atom. The first kappa shape index (κ1) is 16.9. The predicted molar refractivity (Wildman–Crippen MR) is 88.5 cm³/mol. The number of Topliss-reactive ketones (excluding diaryl/α,β-unsaturated/α-hetero) is 1. The fourth-order valence-electron chi connectivity index (χ4n) is 2.07. The van der Waals surface area contributed by atoms with E-state index in [4.69, 9.17) is 4.74 Å². The molecular formula is C18H11F2NO3S. The highest BCUT2D eigenvalue weighted by atomic mass is 32.1. The molecule has 0 atom stereocenters. The average Bonchev–Trinajstić information content (AvgIpc) is 3.12. The van der Waals surface area contributed by atoms with Crippen LogP contribution in [0, 0.1) is 11.6 Å². The zero-order chi connectivity index (χ0) is 17.8. The molecule has 0 aliphatic heterocycles. The molecule has 25 heavy (non-hydrogen) atoms. The second kappa shape index (κ2) is 7.31. The minimum atomic E-state index is -0.873. The molecule has 0 fully saturated rings. The first-order valence-corrected chi connectivity index (χ1v) is 8.09. The smallest absolute Gasteiger partial charge is 0.358 e. The highest BCUT2D eigenvalue weighted by Crippen LogP contribution is 2.23. The van der Waals surface area contributed by atoms with E-state index < -0.39 is 35.6 Å². The van der Waals surface area contributed by atoms with Gasteiger partial charge >= 0.3 is 5.97 Å². The maximum absolute atomic E-state index is 13.5. The molecule has 1 heterocycles. The summed E-state index contributed by atoms with van der Waals surface area (Å²) in [6.45, 7) is -0.697. The zero-order valence-corrected chi connectivity index (χ0v) is 13.6. The normalized spacial score (nSPS) is 10.5. The molecule has 0 unspecified atom stereocenters. The number of aromatic nitrogens is 1. The van der Waals surface area contributed by atoms with Gasteiger partial charge < -0.3 is 4.74 Å². The van der Waals surface area contributed by atoms with Crippen LogP contribution in [0.1, 0.15) is 20.8 Å². The molecule has 7 heteroatoms. The lowest BCUT2D eigenvalue weighted by Gasteiger charge is -2.04. The lowest BCUT2D eigenvalue weighted by Crippen LogP contribution is -2.16. The van der Waals surface area contributed by atoms with Crippen molar-refractivity contribution in [1.29, 1.82) is 0 Å². The van der Waals surface area contributed by atoms with Gasteiger partial charge in [0.25, 0.3) is 0 Å². The van der Waals surface area contributed by atoms with E-state index in [9.17, 15) is 18.4 Å². The number of ether oxygens (including phenoxy) is 1. The number of benzene rings is 2. The number of carbonyl (C=O) groups excluding carboxylic acids is 2. The molecule has 0 spiro atoms. The largest absolute Gasteiger partial charge is 0.453 e. The van der Waals surface area contributed by atoms with Crippen LogP contribution in [-0.2, 0) is 4.74 Å². The van der Waals surface area contributed by atoms with Gasteiger partial charge in [0.1, 0.15) is 16.6 Å². The summed E-state index contributed by atoms with van der Waals surface area (Å²) in [5.41, 5.74) is 0.442. The van der Waals surface area contributed by atoms with Crippen molar-refractivity contribution >= 4 is 23.1 Å². The van der Waals surface area contributed by atoms with Crippen LogP contribution in [0.5, 0.6) is 0 Å². The van der Waals surface area contributed by atoms with Gasteiger partial charge in [0, 0.05) is 10.9 Å². The standard InChI is InChI=1S/C18H11F2NO3S/c19-12-6-7-14(20)13(8-12)16(22)9-24-18(23)15-10-25-17(21-15)11-4-2-1-3-5-11/h1-8,10H,9H2. The van der Waals surface area contributed by atoms with Crippen molar-refractivity contribution in [2.24, 2.45) is 0 Å². The number of rotatable bonds is 5. The third-order valence-corrected chi connectivity index (χ3v) is 4.19. The van der Waals surface area contributed by atoms with Gasteiger partial charge in [0.05, 0.1) is 5.56 Å². The molecule has 1 aromatic heterocycles. The Hall–Kier alpha value is -2.93. The number of hydrogen-bond acceptors (Lipinski definition) is 5. The summed E-state index contributed by atoms with van der Waals surface area (Å²) in [7, 11) is 0. The Bertz CT molecular complexity index is 925. The van der Waals surface area contributed by atoms with Crippen molar-refractivity contribution in [3.8, 4) is 10.6 Å². The van der Waals surface area contributed by atoms with Gasteiger partial charge in [-0.25, -0.2) is 18.6 Å². The highest BCUT2D eigenvalue weighted by Gasteiger charge is 2.18. The van der Waals surface area contributed by atoms with Crippen LogP contribution >= 0.6 is 11.3 Å². The molecule has 0 saturated heterocycles. The molecule has 0 radical (unpaired) electrons. The van der Waals surface area contributed by atoms with Crippen molar-refractivity contribution in [1.82, 2.24) is 4.98 Å². The minimum Gasteiger partial charge on any atom is -0.453 e. The van der Waals surface area contributed by atoms with E-state index in [0.717, 1.165) is 23.8 Å². The second-order valence-electron chi connectivity index (χ2n) is 5.03. The van der Waals surface area contributed by atoms with Gasteiger partial charge in [0.15, 0.2) is 12.3 Å². The molecular weight excluding hydrogens is 348 g/mol. The minimum absolute atomic E-state index is 0.0522. The van der Waals surface area contributed by atoms with Crippen LogP contribution in [0.3, 0.4) is 0 Å². The number of esters is 1. The maximum atomic E-state index is 13.5. The Balaban J connectivity index is 1.66. The summed E-state index contributed by atoms with van der Waals surface area (Å²) in [4.78, 5) is 28.0. The van der Waals surface area contributed by atoms with Crippen molar-refractivity contribution < 1.29 is 23.1 Å². The Kier molecular flexibility index (Phi) is 4.95.